The Morgan fingerprint density at radius 2 is 1.68 bits per heavy atom. The van der Waals surface area contributed by atoms with Crippen LogP contribution in [0.4, 0.5) is 0 Å². The molecule has 1 aliphatic heterocycles. The highest BCUT2D eigenvalue weighted by Crippen LogP contribution is 2.36. The fraction of sp³-hybridized carbons (Fsp3) is 0.161. The van der Waals surface area contributed by atoms with Crippen molar-refractivity contribution in [2.45, 2.75) is 24.7 Å². The van der Waals surface area contributed by atoms with E-state index in [4.69, 9.17) is 11.6 Å². The molecule has 0 atom stereocenters. The third kappa shape index (κ3) is 4.89. The summed E-state index contributed by atoms with van der Waals surface area (Å²) in [6.45, 7) is 2.50. The molecule has 4 heterocycles. The van der Waals surface area contributed by atoms with Crippen LogP contribution in [0.5, 0.6) is 0 Å². The molecule has 0 bridgehead atoms. The van der Waals surface area contributed by atoms with E-state index in [9.17, 15) is 9.59 Å². The average molecular weight is 598 g/mol. The third-order valence-corrected chi connectivity index (χ3v) is 9.70. The highest BCUT2D eigenvalue weighted by Gasteiger charge is 2.28. The smallest absolute Gasteiger partial charge is 0.268 e. The molecule has 3 aromatic carbocycles. The molecule has 0 saturated carbocycles. The van der Waals surface area contributed by atoms with E-state index in [1.807, 2.05) is 40.8 Å². The number of halogens is 1. The fourth-order valence-electron chi connectivity index (χ4n) is 5.34. The van der Waals surface area contributed by atoms with Gasteiger partial charge in [-0.15, -0.1) is 21.5 Å². The van der Waals surface area contributed by atoms with E-state index in [1.54, 1.807) is 40.2 Å². The van der Waals surface area contributed by atoms with Crippen LogP contribution in [-0.4, -0.2) is 42.1 Å². The largest absolute Gasteiger partial charge is 0.294 e. The van der Waals surface area contributed by atoms with Crippen LogP contribution in [-0.2, 0) is 19.5 Å². The molecule has 0 saturated heterocycles. The van der Waals surface area contributed by atoms with Gasteiger partial charge in [0.1, 0.15) is 4.83 Å². The molecule has 0 spiro atoms. The Morgan fingerprint density at radius 3 is 2.44 bits per heavy atom. The maximum atomic E-state index is 14.1. The van der Waals surface area contributed by atoms with Crippen LogP contribution >= 0.6 is 34.7 Å². The van der Waals surface area contributed by atoms with Gasteiger partial charge < -0.3 is 0 Å². The summed E-state index contributed by atoms with van der Waals surface area (Å²) in [5.74, 6) is 0.595. The van der Waals surface area contributed by atoms with Gasteiger partial charge in [0, 0.05) is 35.1 Å². The van der Waals surface area contributed by atoms with Crippen LogP contribution in [0, 0.1) is 0 Å². The van der Waals surface area contributed by atoms with Crippen molar-refractivity contribution in [3.05, 3.63) is 122 Å². The fourth-order valence-corrected chi connectivity index (χ4v) is 7.73. The van der Waals surface area contributed by atoms with Crippen LogP contribution in [0.25, 0.3) is 21.7 Å². The first-order chi connectivity index (χ1) is 20.1. The van der Waals surface area contributed by atoms with E-state index in [1.165, 1.54) is 22.2 Å². The number of ketones is 1. The van der Waals surface area contributed by atoms with Crippen molar-refractivity contribution in [1.29, 1.82) is 0 Å². The number of hydrogen-bond donors (Lipinski definition) is 0. The zero-order valence-electron chi connectivity index (χ0n) is 21.9. The topological polar surface area (TPSA) is 72.5 Å². The number of aromatic nitrogens is 4. The van der Waals surface area contributed by atoms with Crippen molar-refractivity contribution in [3.8, 4) is 5.69 Å². The number of thioether (sulfide) groups is 1. The van der Waals surface area contributed by atoms with E-state index < -0.39 is 0 Å². The van der Waals surface area contributed by atoms with Gasteiger partial charge >= 0.3 is 0 Å². The first-order valence-corrected chi connectivity index (χ1v) is 15.4. The minimum absolute atomic E-state index is 0.0296. The Bertz CT molecular complexity index is 1950. The molecule has 0 fully saturated rings. The Labute approximate surface area is 249 Å². The number of thiophene rings is 1. The zero-order chi connectivity index (χ0) is 27.9. The summed E-state index contributed by atoms with van der Waals surface area (Å²) in [6, 6.07) is 26.9. The molecule has 1 aliphatic rings. The molecule has 0 N–H and O–H groups in total. The van der Waals surface area contributed by atoms with E-state index >= 15 is 0 Å². The molecule has 41 heavy (non-hydrogen) atoms. The van der Waals surface area contributed by atoms with Gasteiger partial charge in [-0.05, 0) is 53.9 Å². The van der Waals surface area contributed by atoms with Gasteiger partial charge in [-0.25, -0.2) is 8.97 Å². The van der Waals surface area contributed by atoms with Gasteiger partial charge in [-0.1, -0.05) is 71.9 Å². The number of benzene rings is 3. The minimum atomic E-state index is -0.0890. The monoisotopic (exact) mass is 597 g/mol. The lowest BCUT2D eigenvalue weighted by molar-refractivity contribution is 0.102. The first-order valence-electron chi connectivity index (χ1n) is 13.2. The molecule has 3 aromatic heterocycles. The summed E-state index contributed by atoms with van der Waals surface area (Å²) < 4.78 is 3.60. The van der Waals surface area contributed by atoms with E-state index in [-0.39, 0.29) is 17.1 Å². The second-order valence-corrected chi connectivity index (χ2v) is 12.4. The number of nitrogens with zero attached hydrogens (tertiary/aromatic N) is 5. The molecule has 0 aliphatic carbocycles. The number of carbonyl (C=O) groups excluding carboxylic acids is 1. The first kappa shape index (κ1) is 26.2. The Hall–Kier alpha value is -3.76. The summed E-state index contributed by atoms with van der Waals surface area (Å²) >= 11 is 8.95. The van der Waals surface area contributed by atoms with Crippen LogP contribution in [0.15, 0.2) is 94.9 Å². The van der Waals surface area contributed by atoms with Gasteiger partial charge in [0.2, 0.25) is 5.78 Å². The predicted octanol–water partition coefficient (Wildman–Crippen LogP) is 6.28. The summed E-state index contributed by atoms with van der Waals surface area (Å²) in [6.07, 6.45) is 0.789. The molecule has 7 nitrogen and oxygen atoms in total. The lowest BCUT2D eigenvalue weighted by Gasteiger charge is -2.26. The number of hydrogen-bond acceptors (Lipinski definition) is 7. The second-order valence-electron chi connectivity index (χ2n) is 9.94. The van der Waals surface area contributed by atoms with Crippen LogP contribution in [0.1, 0.15) is 26.4 Å². The second kappa shape index (κ2) is 10.9. The van der Waals surface area contributed by atoms with Crippen LogP contribution < -0.4 is 5.56 Å². The summed E-state index contributed by atoms with van der Waals surface area (Å²) in [7, 11) is 0. The standard InChI is InChI=1S/C31H24ClN5O2S2/c32-22-13-11-21(12-14-22)25(38)19-40-31-34-33-30-36(23-9-5-2-6-10-23)28(39)27-24-15-16-35(17-20-7-3-1-4-8-20)18-26(24)41-29(27)37(30)31/h1-14H,15-19H2. The molecule has 10 heteroatoms. The molecule has 0 unspecified atom stereocenters. The van der Waals surface area contributed by atoms with Crippen molar-refractivity contribution in [1.82, 2.24) is 24.1 Å². The van der Waals surface area contributed by atoms with Gasteiger partial charge in [0.15, 0.2) is 10.9 Å². The highest BCUT2D eigenvalue weighted by molar-refractivity contribution is 7.99. The molecule has 204 valence electrons. The number of para-hydroxylation sites is 1. The highest BCUT2D eigenvalue weighted by atomic mass is 35.5. The van der Waals surface area contributed by atoms with Crippen molar-refractivity contribution in [3.63, 3.8) is 0 Å². The molecule has 6 aromatic rings. The summed E-state index contributed by atoms with van der Waals surface area (Å²) in [4.78, 5) is 31.5. The van der Waals surface area contributed by atoms with Crippen molar-refractivity contribution < 1.29 is 4.79 Å². The van der Waals surface area contributed by atoms with E-state index in [2.05, 4.69) is 39.4 Å². The summed E-state index contributed by atoms with van der Waals surface area (Å²) in [5.41, 5.74) is 3.61. The Kier molecular flexibility index (Phi) is 6.96. The lowest BCUT2D eigenvalue weighted by atomic mass is 10.0. The molecule has 0 amide bonds. The van der Waals surface area contributed by atoms with Gasteiger partial charge in [0.05, 0.1) is 16.8 Å². The van der Waals surface area contributed by atoms with Crippen molar-refractivity contribution >= 4 is 56.5 Å². The molecule has 7 rings (SSSR count). The number of rotatable bonds is 7. The average Bonchev–Trinajstić information content (AvgIpc) is 3.59. The maximum absolute atomic E-state index is 14.1. The lowest BCUT2D eigenvalue weighted by Crippen LogP contribution is -2.30. The quantitative estimate of drug-likeness (QED) is 0.159. The van der Waals surface area contributed by atoms with E-state index in [0.717, 1.165) is 42.1 Å². The SMILES string of the molecule is O=C(CSc1nnc2n(-c3ccccc3)c(=O)c3c4c(sc3n12)CN(Cc1ccccc1)CC4)c1ccc(Cl)cc1. The summed E-state index contributed by atoms with van der Waals surface area (Å²) in [5, 5.41) is 10.8. The van der Waals surface area contributed by atoms with E-state index in [0.29, 0.717) is 26.9 Å². The predicted molar refractivity (Wildman–Crippen MR) is 165 cm³/mol. The normalized spacial score (nSPS) is 13.6. The molecular formula is C31H24ClN5O2S2. The zero-order valence-corrected chi connectivity index (χ0v) is 24.3. The number of Topliss-reactive ketones (excluding diaryl/α,β-unsaturated/α-hetero) is 1. The number of carbonyl (C=O) groups is 1. The Balaban J connectivity index is 1.32. The minimum Gasteiger partial charge on any atom is -0.294 e. The molecule has 0 radical (unpaired) electrons. The number of fused-ring (bicyclic) bond motifs is 5. The maximum Gasteiger partial charge on any atom is 0.268 e. The van der Waals surface area contributed by atoms with Crippen molar-refractivity contribution in [2.75, 3.05) is 12.3 Å². The van der Waals surface area contributed by atoms with Gasteiger partial charge in [-0.3, -0.25) is 14.5 Å². The Morgan fingerprint density at radius 1 is 0.951 bits per heavy atom. The molecular weight excluding hydrogens is 574 g/mol. The van der Waals surface area contributed by atoms with Crippen molar-refractivity contribution in [2.24, 2.45) is 0 Å². The van der Waals surface area contributed by atoms with Gasteiger partial charge in [0.25, 0.3) is 5.56 Å². The third-order valence-electron chi connectivity index (χ3n) is 7.32. The van der Waals surface area contributed by atoms with Gasteiger partial charge in [-0.2, -0.15) is 0 Å². The van der Waals surface area contributed by atoms with Crippen LogP contribution in [0.3, 0.4) is 0 Å². The van der Waals surface area contributed by atoms with Crippen LogP contribution in [0.2, 0.25) is 5.02 Å².